The summed E-state index contributed by atoms with van der Waals surface area (Å²) in [5.74, 6) is 0.288. The topological polar surface area (TPSA) is 54.0 Å². The molecule has 0 unspecified atom stereocenters. The highest BCUT2D eigenvalue weighted by molar-refractivity contribution is 5.81. The molecule has 0 heterocycles. The molecular formula is C30H30O5. The zero-order chi connectivity index (χ0) is 24.9. The Morgan fingerprint density at radius 3 is 2.06 bits per heavy atom. The minimum atomic E-state index is -0.663. The third kappa shape index (κ3) is 7.93. The number of allylic oxidation sites excluding steroid dienone is 2. The van der Waals surface area contributed by atoms with Crippen molar-refractivity contribution >= 4 is 5.97 Å². The number of hydrogen-bond donors (Lipinski definition) is 0. The van der Waals surface area contributed by atoms with Gasteiger partial charge in [0, 0.05) is 6.08 Å². The number of hydrogen-bond acceptors (Lipinski definition) is 5. The zero-order valence-corrected chi connectivity index (χ0v) is 20.0. The Kier molecular flexibility index (Phi) is 9.75. The second-order valence-electron chi connectivity index (χ2n) is 7.76. The van der Waals surface area contributed by atoms with Crippen LogP contribution in [0.25, 0.3) is 0 Å². The molecule has 0 N–H and O–H groups in total. The van der Waals surface area contributed by atoms with Crippen molar-refractivity contribution in [3.63, 3.8) is 0 Å². The van der Waals surface area contributed by atoms with E-state index in [0.717, 1.165) is 34.1 Å². The molecule has 0 bridgehead atoms. The van der Waals surface area contributed by atoms with Crippen LogP contribution in [0.3, 0.4) is 0 Å². The lowest BCUT2D eigenvalue weighted by molar-refractivity contribution is -0.150. The van der Waals surface area contributed by atoms with Crippen molar-refractivity contribution in [1.29, 1.82) is 0 Å². The van der Waals surface area contributed by atoms with E-state index in [4.69, 9.17) is 18.9 Å². The molecular weight excluding hydrogens is 440 g/mol. The minimum absolute atomic E-state index is 0.441. The highest BCUT2D eigenvalue weighted by Crippen LogP contribution is 2.35. The van der Waals surface area contributed by atoms with Gasteiger partial charge in [0.15, 0.2) is 12.2 Å². The van der Waals surface area contributed by atoms with Crippen LogP contribution in [-0.2, 0) is 25.6 Å². The monoisotopic (exact) mass is 470 g/mol. The Morgan fingerprint density at radius 1 is 0.886 bits per heavy atom. The minimum Gasteiger partial charge on any atom is -0.497 e. The first-order valence-corrected chi connectivity index (χ1v) is 11.3. The molecule has 5 nitrogen and oxygen atoms in total. The van der Waals surface area contributed by atoms with E-state index in [9.17, 15) is 4.79 Å². The van der Waals surface area contributed by atoms with E-state index in [1.54, 1.807) is 25.7 Å². The first kappa shape index (κ1) is 25.4. The van der Waals surface area contributed by atoms with E-state index in [1.165, 1.54) is 0 Å². The number of rotatable bonds is 12. The molecule has 180 valence electrons. The molecule has 0 aromatic heterocycles. The standard InChI is InChI=1S/C30H30O5/c1-4-28(31)35-30(26-13-9-6-10-14-26)29(25-11-7-5-8-12-25)34-20-19-23(2)21-33-22-24-15-17-27(32-3)18-16-24/h4-21,29-30H,1,22H2,2-3H3/b20-19+,23-21-/t29-,30+/m1/s1. The smallest absolute Gasteiger partial charge is 0.330 e. The largest absolute Gasteiger partial charge is 0.497 e. The molecule has 3 rings (SSSR count). The molecule has 2 atom stereocenters. The third-order valence-corrected chi connectivity index (χ3v) is 5.18. The molecule has 0 aliphatic carbocycles. The van der Waals surface area contributed by atoms with Crippen molar-refractivity contribution in [3.05, 3.63) is 138 Å². The number of carbonyl (C=O) groups is 1. The fourth-order valence-electron chi connectivity index (χ4n) is 3.35. The maximum Gasteiger partial charge on any atom is 0.330 e. The van der Waals surface area contributed by atoms with Gasteiger partial charge in [0.1, 0.15) is 12.4 Å². The molecule has 0 saturated carbocycles. The number of methoxy groups -OCH3 is 1. The normalized spacial score (nSPS) is 13.0. The van der Waals surface area contributed by atoms with Gasteiger partial charge in [-0.05, 0) is 47.4 Å². The molecule has 0 radical (unpaired) electrons. The van der Waals surface area contributed by atoms with E-state index in [0.29, 0.717) is 6.61 Å². The molecule has 3 aromatic rings. The van der Waals surface area contributed by atoms with Crippen LogP contribution in [-0.4, -0.2) is 13.1 Å². The van der Waals surface area contributed by atoms with Crippen molar-refractivity contribution in [2.45, 2.75) is 25.7 Å². The molecule has 0 amide bonds. The van der Waals surface area contributed by atoms with E-state index >= 15 is 0 Å². The first-order valence-electron chi connectivity index (χ1n) is 11.3. The predicted octanol–water partition coefficient (Wildman–Crippen LogP) is 6.86. The average molecular weight is 471 g/mol. The van der Waals surface area contributed by atoms with Crippen LogP contribution in [0.15, 0.2) is 122 Å². The second kappa shape index (κ2) is 13.5. The molecule has 5 heteroatoms. The number of benzene rings is 3. The fourth-order valence-corrected chi connectivity index (χ4v) is 3.35. The van der Waals surface area contributed by atoms with Crippen LogP contribution in [0.2, 0.25) is 0 Å². The lowest BCUT2D eigenvalue weighted by Gasteiger charge is -2.27. The number of carbonyl (C=O) groups excluding carboxylic acids is 1. The van der Waals surface area contributed by atoms with E-state index in [2.05, 4.69) is 6.58 Å². The lowest BCUT2D eigenvalue weighted by Crippen LogP contribution is -2.19. The number of esters is 1. The van der Waals surface area contributed by atoms with Crippen LogP contribution < -0.4 is 4.74 Å². The Bertz CT molecular complexity index is 1120. The summed E-state index contributed by atoms with van der Waals surface area (Å²) >= 11 is 0. The van der Waals surface area contributed by atoms with Gasteiger partial charge in [-0.2, -0.15) is 0 Å². The highest BCUT2D eigenvalue weighted by Gasteiger charge is 2.29. The van der Waals surface area contributed by atoms with Crippen LogP contribution in [0.4, 0.5) is 0 Å². The lowest BCUT2D eigenvalue weighted by atomic mass is 9.98. The van der Waals surface area contributed by atoms with Crippen LogP contribution in [0.1, 0.15) is 35.8 Å². The Balaban J connectivity index is 1.72. The first-order chi connectivity index (χ1) is 17.1. The molecule has 0 saturated heterocycles. The van der Waals surface area contributed by atoms with E-state index in [1.807, 2.05) is 91.9 Å². The van der Waals surface area contributed by atoms with Crippen molar-refractivity contribution in [1.82, 2.24) is 0 Å². The van der Waals surface area contributed by atoms with Crippen molar-refractivity contribution in [2.75, 3.05) is 7.11 Å². The van der Waals surface area contributed by atoms with Gasteiger partial charge in [0.05, 0.1) is 19.6 Å². The Morgan fingerprint density at radius 2 is 1.49 bits per heavy atom. The summed E-state index contributed by atoms with van der Waals surface area (Å²) in [5, 5.41) is 0. The molecule has 35 heavy (non-hydrogen) atoms. The predicted molar refractivity (Wildman–Crippen MR) is 136 cm³/mol. The Hall–Kier alpha value is -4.25. The summed E-state index contributed by atoms with van der Waals surface area (Å²) < 4.78 is 22.7. The van der Waals surface area contributed by atoms with E-state index in [-0.39, 0.29) is 0 Å². The maximum absolute atomic E-state index is 12.1. The van der Waals surface area contributed by atoms with Crippen LogP contribution in [0.5, 0.6) is 5.75 Å². The molecule has 0 aliphatic rings. The van der Waals surface area contributed by atoms with Crippen molar-refractivity contribution in [3.8, 4) is 5.75 Å². The zero-order valence-electron chi connectivity index (χ0n) is 20.0. The van der Waals surface area contributed by atoms with Gasteiger partial charge in [0.25, 0.3) is 0 Å². The third-order valence-electron chi connectivity index (χ3n) is 5.18. The van der Waals surface area contributed by atoms with Crippen molar-refractivity contribution < 1.29 is 23.7 Å². The SMILES string of the molecule is C=CC(=O)O[C@@H](c1ccccc1)[C@H](O/C=C/C(C)=C\OCc1ccc(OC)cc1)c1ccccc1. The van der Waals surface area contributed by atoms with Gasteiger partial charge in [-0.3, -0.25) is 0 Å². The molecule has 0 aliphatic heterocycles. The summed E-state index contributed by atoms with van der Waals surface area (Å²) in [4.78, 5) is 12.1. The van der Waals surface area contributed by atoms with Gasteiger partial charge in [0.2, 0.25) is 0 Å². The van der Waals surface area contributed by atoms with Gasteiger partial charge >= 0.3 is 5.97 Å². The summed E-state index contributed by atoms with van der Waals surface area (Å²) in [6.45, 7) is 5.88. The van der Waals surface area contributed by atoms with Gasteiger partial charge in [-0.15, -0.1) is 0 Å². The summed E-state index contributed by atoms with van der Waals surface area (Å²) in [5.41, 5.74) is 3.60. The maximum atomic E-state index is 12.1. The molecule has 0 spiro atoms. The number of ether oxygens (including phenoxy) is 4. The van der Waals surface area contributed by atoms with Gasteiger partial charge in [-0.25, -0.2) is 4.79 Å². The van der Waals surface area contributed by atoms with Gasteiger partial charge < -0.3 is 18.9 Å². The molecule has 3 aromatic carbocycles. The van der Waals surface area contributed by atoms with Crippen LogP contribution in [0, 0.1) is 0 Å². The van der Waals surface area contributed by atoms with E-state index < -0.39 is 18.2 Å². The van der Waals surface area contributed by atoms with Gasteiger partial charge in [-0.1, -0.05) is 79.4 Å². The van der Waals surface area contributed by atoms with Crippen LogP contribution >= 0.6 is 0 Å². The molecule has 0 fully saturated rings. The Labute approximate surface area is 206 Å². The summed E-state index contributed by atoms with van der Waals surface area (Å²) in [7, 11) is 1.64. The second-order valence-corrected chi connectivity index (χ2v) is 7.76. The highest BCUT2D eigenvalue weighted by atomic mass is 16.6. The summed E-state index contributed by atoms with van der Waals surface area (Å²) in [6, 6.07) is 26.9. The quantitative estimate of drug-likeness (QED) is 0.125. The average Bonchev–Trinajstić information content (AvgIpc) is 2.91. The summed E-state index contributed by atoms with van der Waals surface area (Å²) in [6.07, 6.45) is 5.00. The fraction of sp³-hybridized carbons (Fsp3) is 0.167. The van der Waals surface area contributed by atoms with Crippen molar-refractivity contribution in [2.24, 2.45) is 0 Å².